The number of likely N-dealkylation sites (N-methyl/N-ethyl adjacent to an activating group) is 3. The number of rotatable bonds is 4. The summed E-state index contributed by atoms with van der Waals surface area (Å²) in [6.07, 6.45) is 0. The van der Waals surface area contributed by atoms with Crippen molar-refractivity contribution in [1.29, 1.82) is 0 Å². The van der Waals surface area contributed by atoms with Gasteiger partial charge in [-0.05, 0) is 92.9 Å². The molecular weight excluding hydrogens is 591 g/mol. The number of amides is 2. The van der Waals surface area contributed by atoms with Crippen molar-refractivity contribution >= 4 is 45.5 Å². The second kappa shape index (κ2) is 17.4. The van der Waals surface area contributed by atoms with E-state index in [1.807, 2.05) is 9.80 Å². The molecule has 0 radical (unpaired) electrons. The maximum Gasteiger partial charge on any atom is 0.253 e. The van der Waals surface area contributed by atoms with Crippen molar-refractivity contribution in [3.63, 3.8) is 0 Å². The molecule has 5 rings (SSSR count). The fraction of sp³-hybridized carbons (Fsp3) is 0.484. The van der Waals surface area contributed by atoms with Crippen molar-refractivity contribution in [3.05, 3.63) is 70.8 Å². The Morgan fingerprint density at radius 2 is 0.767 bits per heavy atom. The molecule has 3 aliphatic rings. The summed E-state index contributed by atoms with van der Waals surface area (Å²) in [6, 6.07) is 12.9. The first-order valence-electron chi connectivity index (χ1n) is 14.5. The molecule has 0 unspecified atom stereocenters. The van der Waals surface area contributed by atoms with E-state index in [1.54, 1.807) is 24.3 Å². The molecule has 0 bridgehead atoms. The Labute approximate surface area is 264 Å². The van der Waals surface area contributed by atoms with E-state index in [2.05, 4.69) is 41.2 Å². The van der Waals surface area contributed by atoms with Crippen LogP contribution in [-0.2, 0) is 0 Å². The second-order valence-electron chi connectivity index (χ2n) is 10.9. The van der Waals surface area contributed by atoms with Crippen LogP contribution in [0.2, 0.25) is 0 Å². The highest BCUT2D eigenvalue weighted by Crippen LogP contribution is 2.13. The normalized spacial score (nSPS) is 18.1. The van der Waals surface area contributed by atoms with Gasteiger partial charge in [0.1, 0.15) is 0 Å². The van der Waals surface area contributed by atoms with Gasteiger partial charge in [-0.25, -0.2) is 0 Å². The zero-order valence-corrected chi connectivity index (χ0v) is 26.7. The van der Waals surface area contributed by atoms with Gasteiger partial charge in [0.15, 0.2) is 0 Å². The summed E-state index contributed by atoms with van der Waals surface area (Å²) in [5.41, 5.74) is 2.01. The molecule has 2 amide bonds. The lowest BCUT2D eigenvalue weighted by Gasteiger charge is -2.33. The minimum atomic E-state index is -0.552. The fourth-order valence-corrected chi connectivity index (χ4v) is 4.90. The Bertz CT molecular complexity index is 1120. The first-order valence-corrected chi connectivity index (χ1v) is 15.3. The van der Waals surface area contributed by atoms with Crippen LogP contribution in [0.15, 0.2) is 48.5 Å². The average Bonchev–Trinajstić information content (AvgIpc) is 3.02. The Morgan fingerprint density at radius 1 is 0.488 bits per heavy atom. The number of benzene rings is 2. The molecule has 10 nitrogen and oxygen atoms in total. The maximum absolute atomic E-state index is 12.5. The summed E-state index contributed by atoms with van der Waals surface area (Å²) in [4.78, 5) is 56.8. The smallest absolute Gasteiger partial charge is 0.253 e. The van der Waals surface area contributed by atoms with Crippen LogP contribution in [0.5, 0.6) is 0 Å². The van der Waals surface area contributed by atoms with Gasteiger partial charge in [0.2, 0.25) is 0 Å². The van der Waals surface area contributed by atoms with Gasteiger partial charge in [0, 0.05) is 101 Å². The monoisotopic (exact) mass is 632 g/mol. The highest BCUT2D eigenvalue weighted by Gasteiger charge is 2.23. The molecule has 43 heavy (non-hydrogen) atoms. The molecule has 12 heteroatoms. The van der Waals surface area contributed by atoms with Crippen molar-refractivity contribution in [1.82, 2.24) is 29.8 Å². The Hall–Kier alpha value is -2.86. The van der Waals surface area contributed by atoms with E-state index >= 15 is 0 Å². The van der Waals surface area contributed by atoms with Crippen molar-refractivity contribution in [2.75, 3.05) is 99.7 Å². The van der Waals surface area contributed by atoms with Crippen LogP contribution in [-0.4, -0.2) is 146 Å². The second-order valence-corrected chi connectivity index (χ2v) is 11.6. The number of piperazine rings is 3. The molecule has 3 fully saturated rings. The lowest BCUT2D eigenvalue weighted by molar-refractivity contribution is 0.0652. The highest BCUT2D eigenvalue weighted by molar-refractivity contribution is 6.68. The molecule has 2 aromatic carbocycles. The van der Waals surface area contributed by atoms with Gasteiger partial charge in [0.25, 0.3) is 22.3 Å². The summed E-state index contributed by atoms with van der Waals surface area (Å²) < 4.78 is 0. The summed E-state index contributed by atoms with van der Waals surface area (Å²) in [7, 11) is 6.29. The van der Waals surface area contributed by atoms with Crippen LogP contribution in [0.1, 0.15) is 41.4 Å². The minimum absolute atomic E-state index is 0.0571. The average molecular weight is 634 g/mol. The van der Waals surface area contributed by atoms with E-state index in [-0.39, 0.29) is 11.8 Å². The standard InChI is InChI=1S/C18H26N4O2.C8H4Cl2O2.C5H12N2/c1-19-7-11-21(12-8-19)17(23)15-3-5-16(6-4-15)18(24)22-13-9-20(2)10-14-22;9-7(11)5-1-2-6(4-3-5)8(10)12;1-7-4-2-6-3-5-7/h3-6H,7-14H2,1-2H3;1-4H;6H,2-5H2,1H3. The van der Waals surface area contributed by atoms with Gasteiger partial charge in [0.05, 0.1) is 0 Å². The molecular formula is C31H42Cl2N6O4. The van der Waals surface area contributed by atoms with Crippen LogP contribution in [0.4, 0.5) is 0 Å². The van der Waals surface area contributed by atoms with E-state index < -0.39 is 10.5 Å². The predicted molar refractivity (Wildman–Crippen MR) is 170 cm³/mol. The van der Waals surface area contributed by atoms with Crippen molar-refractivity contribution in [3.8, 4) is 0 Å². The molecule has 0 saturated carbocycles. The number of hydrogen-bond donors (Lipinski definition) is 1. The zero-order valence-electron chi connectivity index (χ0n) is 25.2. The van der Waals surface area contributed by atoms with Crippen LogP contribution >= 0.6 is 23.2 Å². The van der Waals surface area contributed by atoms with E-state index in [0.29, 0.717) is 22.3 Å². The summed E-state index contributed by atoms with van der Waals surface area (Å²) in [5, 5.41) is 2.17. The van der Waals surface area contributed by atoms with E-state index in [9.17, 15) is 19.2 Å². The zero-order chi connectivity index (χ0) is 31.4. The molecule has 1 N–H and O–H groups in total. The van der Waals surface area contributed by atoms with Gasteiger partial charge in [-0.3, -0.25) is 19.2 Å². The molecule has 0 atom stereocenters. The number of halogens is 2. The van der Waals surface area contributed by atoms with E-state index in [1.165, 1.54) is 37.4 Å². The SMILES string of the molecule is CN1CCN(C(=O)c2ccc(C(=O)N3CCN(C)CC3)cc2)CC1.CN1CCNCC1.O=C(Cl)c1ccc(C(=O)Cl)cc1. The number of nitrogens with zero attached hydrogens (tertiary/aromatic N) is 5. The molecule has 234 valence electrons. The number of hydrogen-bond acceptors (Lipinski definition) is 8. The topological polar surface area (TPSA) is 96.5 Å². The van der Waals surface area contributed by atoms with Crippen LogP contribution in [0.25, 0.3) is 0 Å². The molecule has 0 aliphatic carbocycles. The molecule has 3 aliphatic heterocycles. The van der Waals surface area contributed by atoms with Gasteiger partial charge in [-0.2, -0.15) is 0 Å². The number of carbonyl (C=O) groups is 4. The van der Waals surface area contributed by atoms with Crippen molar-refractivity contribution in [2.45, 2.75) is 0 Å². The third-order valence-electron chi connectivity index (χ3n) is 7.64. The fourth-order valence-electron chi connectivity index (χ4n) is 4.65. The number of carbonyl (C=O) groups excluding carboxylic acids is 4. The lowest BCUT2D eigenvalue weighted by Crippen LogP contribution is -2.47. The first-order chi connectivity index (χ1) is 20.5. The predicted octanol–water partition coefficient (Wildman–Crippen LogP) is 2.43. The van der Waals surface area contributed by atoms with Crippen LogP contribution in [0, 0.1) is 0 Å². The number of nitrogens with one attached hydrogen (secondary N) is 1. The molecule has 0 spiro atoms. The highest BCUT2D eigenvalue weighted by atomic mass is 35.5. The lowest BCUT2D eigenvalue weighted by atomic mass is 10.1. The third kappa shape index (κ3) is 11.3. The summed E-state index contributed by atoms with van der Waals surface area (Å²) in [5.74, 6) is 0.114. The van der Waals surface area contributed by atoms with E-state index in [4.69, 9.17) is 23.2 Å². The van der Waals surface area contributed by atoms with Gasteiger partial charge in [-0.1, -0.05) is 0 Å². The van der Waals surface area contributed by atoms with Crippen LogP contribution < -0.4 is 5.32 Å². The molecule has 3 heterocycles. The van der Waals surface area contributed by atoms with Gasteiger partial charge >= 0.3 is 0 Å². The summed E-state index contributed by atoms with van der Waals surface area (Å²) in [6.45, 7) is 11.4. The molecule has 0 aromatic heterocycles. The van der Waals surface area contributed by atoms with Crippen molar-refractivity contribution in [2.24, 2.45) is 0 Å². The quantitative estimate of drug-likeness (QED) is 0.514. The Kier molecular flexibility index (Phi) is 14.0. The third-order valence-corrected chi connectivity index (χ3v) is 8.08. The largest absolute Gasteiger partial charge is 0.336 e. The molecule has 2 aromatic rings. The van der Waals surface area contributed by atoms with Crippen LogP contribution in [0.3, 0.4) is 0 Å². The van der Waals surface area contributed by atoms with Gasteiger partial charge in [-0.15, -0.1) is 0 Å². The van der Waals surface area contributed by atoms with Crippen molar-refractivity contribution < 1.29 is 19.2 Å². The minimum Gasteiger partial charge on any atom is -0.336 e. The first kappa shape index (κ1) is 34.6. The Balaban J connectivity index is 0.000000219. The van der Waals surface area contributed by atoms with Gasteiger partial charge < -0.3 is 29.8 Å². The van der Waals surface area contributed by atoms with E-state index in [0.717, 1.165) is 65.4 Å². The maximum atomic E-state index is 12.5. The molecule has 3 saturated heterocycles. The Morgan fingerprint density at radius 3 is 1.02 bits per heavy atom. The summed E-state index contributed by atoms with van der Waals surface area (Å²) >= 11 is 10.4.